The summed E-state index contributed by atoms with van der Waals surface area (Å²) in [6.45, 7) is -0.776. The molecule has 1 unspecified atom stereocenters. The summed E-state index contributed by atoms with van der Waals surface area (Å²) in [6, 6.07) is 6.12. The van der Waals surface area contributed by atoms with Crippen LogP contribution in [0, 0.1) is 12.3 Å². The van der Waals surface area contributed by atoms with Crippen LogP contribution in [-0.2, 0) is 21.5 Å². The second kappa shape index (κ2) is 5.74. The number of halogens is 2. The van der Waals surface area contributed by atoms with Crippen molar-refractivity contribution in [3.05, 3.63) is 34.9 Å². The van der Waals surface area contributed by atoms with Crippen molar-refractivity contribution in [1.82, 2.24) is 4.90 Å². The molecule has 7 heteroatoms. The Morgan fingerprint density at radius 2 is 2.04 bits per heavy atom. The molecule has 1 aliphatic heterocycles. The quantitative estimate of drug-likeness (QED) is 0.878. The number of amides is 1. The number of rotatable bonds is 2. The molecule has 1 aromatic carbocycles. The van der Waals surface area contributed by atoms with Crippen LogP contribution in [0.3, 0.4) is 0 Å². The average molecular weight is 363 g/mol. The molecule has 26 heavy (non-hydrogen) atoms. The topological polar surface area (TPSA) is 67.9 Å². The smallest absolute Gasteiger partial charge is 0.345 e. The Kier molecular flexibility index (Phi) is 3.84. The third-order valence-corrected chi connectivity index (χ3v) is 6.38. The van der Waals surface area contributed by atoms with Gasteiger partial charge in [-0.2, -0.15) is 8.78 Å². The first-order valence-electron chi connectivity index (χ1n) is 8.96. The van der Waals surface area contributed by atoms with Gasteiger partial charge in [-0.15, -0.1) is 0 Å². The van der Waals surface area contributed by atoms with E-state index in [9.17, 15) is 13.6 Å². The van der Waals surface area contributed by atoms with Gasteiger partial charge in [-0.1, -0.05) is 23.8 Å². The molecule has 3 aliphatic rings. The Morgan fingerprint density at radius 3 is 2.62 bits per heavy atom. The predicted molar refractivity (Wildman–Crippen MR) is 92.7 cm³/mol. The Balaban J connectivity index is 1.78. The highest BCUT2D eigenvalue weighted by Crippen LogP contribution is 2.61. The highest BCUT2D eigenvalue weighted by molar-refractivity contribution is 6.08. The summed E-state index contributed by atoms with van der Waals surface area (Å²) in [5.74, 6) is 0.0993. The lowest BCUT2D eigenvalue weighted by Gasteiger charge is -2.45. The van der Waals surface area contributed by atoms with Gasteiger partial charge in [0.2, 0.25) is 0 Å². The first kappa shape index (κ1) is 17.4. The molecule has 1 aromatic rings. The normalized spacial score (nSPS) is 33.4. The number of carbonyl (C=O) groups excluding carboxylic acids is 1. The molecule has 1 heterocycles. The van der Waals surface area contributed by atoms with E-state index in [0.29, 0.717) is 32.1 Å². The van der Waals surface area contributed by atoms with Crippen LogP contribution in [-0.4, -0.2) is 36.5 Å². The van der Waals surface area contributed by atoms with Crippen LogP contribution in [0.25, 0.3) is 0 Å². The van der Waals surface area contributed by atoms with Gasteiger partial charge in [-0.25, -0.2) is 4.99 Å². The standard InChI is InChI=1S/C19H23F2N3O2/c1-11-3-4-12-10-18(7-5-13(6-8-18)26-16(20)21)19(14(12)9-11)15(25)24(2)17(22)23-19/h3-4,9,13,16H,5-8,10H2,1-2H3,(H2,22,23). The van der Waals surface area contributed by atoms with E-state index < -0.39 is 23.7 Å². The fraction of sp³-hybridized carbons (Fsp3) is 0.579. The van der Waals surface area contributed by atoms with Gasteiger partial charge in [0.1, 0.15) is 0 Å². The lowest BCUT2D eigenvalue weighted by molar-refractivity contribution is -0.178. The number of likely N-dealkylation sites (N-methyl/N-ethyl adjacent to an activating group) is 1. The third-order valence-electron chi connectivity index (χ3n) is 6.38. The summed E-state index contributed by atoms with van der Waals surface area (Å²) in [6.07, 6.45) is 2.43. The highest BCUT2D eigenvalue weighted by atomic mass is 19.3. The van der Waals surface area contributed by atoms with Gasteiger partial charge in [-0.3, -0.25) is 9.69 Å². The summed E-state index contributed by atoms with van der Waals surface area (Å²) in [7, 11) is 1.64. The zero-order valence-corrected chi connectivity index (χ0v) is 15.0. The van der Waals surface area contributed by atoms with Crippen molar-refractivity contribution < 1.29 is 18.3 Å². The van der Waals surface area contributed by atoms with Crippen molar-refractivity contribution in [2.75, 3.05) is 7.05 Å². The van der Waals surface area contributed by atoms with E-state index >= 15 is 0 Å². The fourth-order valence-electron chi connectivity index (χ4n) is 5.09. The van der Waals surface area contributed by atoms with Gasteiger partial charge >= 0.3 is 6.61 Å². The minimum absolute atomic E-state index is 0.118. The van der Waals surface area contributed by atoms with E-state index in [-0.39, 0.29) is 11.9 Å². The van der Waals surface area contributed by atoms with Crippen LogP contribution in [0.1, 0.15) is 42.4 Å². The van der Waals surface area contributed by atoms with Crippen molar-refractivity contribution in [2.24, 2.45) is 16.1 Å². The van der Waals surface area contributed by atoms with Crippen LogP contribution in [0.5, 0.6) is 0 Å². The molecular formula is C19H23F2N3O2. The molecule has 140 valence electrons. The third kappa shape index (κ3) is 2.22. The average Bonchev–Trinajstić information content (AvgIpc) is 2.98. The van der Waals surface area contributed by atoms with E-state index in [0.717, 1.165) is 16.7 Å². The Labute approximate surface area is 151 Å². The summed E-state index contributed by atoms with van der Waals surface area (Å²) in [4.78, 5) is 19.5. The summed E-state index contributed by atoms with van der Waals surface area (Å²) >= 11 is 0. The van der Waals surface area contributed by atoms with Gasteiger partial charge in [-0.05, 0) is 50.2 Å². The molecule has 0 saturated heterocycles. The molecular weight excluding hydrogens is 340 g/mol. The largest absolute Gasteiger partial charge is 0.369 e. The maximum absolute atomic E-state index is 13.3. The summed E-state index contributed by atoms with van der Waals surface area (Å²) in [5, 5.41) is 0. The first-order valence-corrected chi connectivity index (χ1v) is 8.96. The monoisotopic (exact) mass is 363 g/mol. The van der Waals surface area contributed by atoms with Crippen molar-refractivity contribution in [3.8, 4) is 0 Å². The molecule has 2 aliphatic carbocycles. The number of alkyl halides is 2. The van der Waals surface area contributed by atoms with Crippen LogP contribution in [0.4, 0.5) is 8.78 Å². The lowest BCUT2D eigenvalue weighted by atomic mass is 9.61. The lowest BCUT2D eigenvalue weighted by Crippen LogP contribution is -2.51. The van der Waals surface area contributed by atoms with Crippen molar-refractivity contribution in [2.45, 2.75) is 57.3 Å². The SMILES string of the molecule is Cc1ccc2c(c1)C1(N=C(N)N(C)C1=O)C1(CCC(OC(F)F)CC1)C2. The predicted octanol–water partition coefficient (Wildman–Crippen LogP) is 2.70. The number of guanidine groups is 1. The maximum atomic E-state index is 13.3. The molecule has 2 spiro atoms. The number of carbonyl (C=O) groups is 1. The van der Waals surface area contributed by atoms with Crippen molar-refractivity contribution >= 4 is 11.9 Å². The molecule has 0 radical (unpaired) electrons. The molecule has 4 rings (SSSR count). The first-order chi connectivity index (χ1) is 12.3. The van der Waals surface area contributed by atoms with Crippen molar-refractivity contribution in [1.29, 1.82) is 0 Å². The van der Waals surface area contributed by atoms with E-state index in [1.54, 1.807) is 7.05 Å². The number of fused-ring (bicyclic) bond motifs is 3. The number of hydrogen-bond donors (Lipinski definition) is 1. The number of nitrogens with zero attached hydrogens (tertiary/aromatic N) is 2. The number of nitrogens with two attached hydrogens (primary N) is 1. The molecule has 1 amide bonds. The minimum atomic E-state index is -2.76. The van der Waals surface area contributed by atoms with Gasteiger partial charge in [0, 0.05) is 12.5 Å². The Hall–Kier alpha value is -2.02. The zero-order valence-electron chi connectivity index (χ0n) is 15.0. The van der Waals surface area contributed by atoms with Crippen molar-refractivity contribution in [3.63, 3.8) is 0 Å². The van der Waals surface area contributed by atoms with Gasteiger partial charge < -0.3 is 10.5 Å². The molecule has 1 saturated carbocycles. The van der Waals surface area contributed by atoms with E-state index in [1.807, 2.05) is 19.1 Å². The molecule has 5 nitrogen and oxygen atoms in total. The van der Waals surface area contributed by atoms with E-state index in [2.05, 4.69) is 6.07 Å². The number of ether oxygens (including phenoxy) is 1. The second-order valence-electron chi connectivity index (χ2n) is 7.76. The van der Waals surface area contributed by atoms with Crippen LogP contribution < -0.4 is 5.73 Å². The van der Waals surface area contributed by atoms with Crippen LogP contribution in [0.15, 0.2) is 23.2 Å². The summed E-state index contributed by atoms with van der Waals surface area (Å²) in [5.41, 5.74) is 7.64. The Morgan fingerprint density at radius 1 is 1.35 bits per heavy atom. The molecule has 2 N–H and O–H groups in total. The number of benzene rings is 1. The summed E-state index contributed by atoms with van der Waals surface area (Å²) < 4.78 is 29.9. The Bertz CT molecular complexity index is 787. The van der Waals surface area contributed by atoms with Gasteiger partial charge in [0.25, 0.3) is 5.91 Å². The van der Waals surface area contributed by atoms with Gasteiger partial charge in [0.15, 0.2) is 11.5 Å². The fourth-order valence-corrected chi connectivity index (χ4v) is 5.09. The van der Waals surface area contributed by atoms with E-state index in [1.165, 1.54) is 4.90 Å². The highest BCUT2D eigenvalue weighted by Gasteiger charge is 2.66. The number of hydrogen-bond acceptors (Lipinski definition) is 4. The maximum Gasteiger partial charge on any atom is 0.345 e. The molecule has 1 fully saturated rings. The van der Waals surface area contributed by atoms with Gasteiger partial charge in [0.05, 0.1) is 6.10 Å². The number of aliphatic imine (C=N–C) groups is 1. The second-order valence-corrected chi connectivity index (χ2v) is 7.76. The molecule has 0 bridgehead atoms. The van der Waals surface area contributed by atoms with Crippen LogP contribution >= 0.6 is 0 Å². The van der Waals surface area contributed by atoms with E-state index in [4.69, 9.17) is 15.5 Å². The molecule has 1 atom stereocenters. The van der Waals surface area contributed by atoms with Crippen LogP contribution in [0.2, 0.25) is 0 Å². The zero-order chi connectivity index (χ0) is 18.7. The number of aryl methyl sites for hydroxylation is 1. The molecule has 0 aromatic heterocycles. The minimum Gasteiger partial charge on any atom is -0.369 e.